The largest absolute Gasteiger partial charge is 0.310 e. The predicted octanol–water partition coefficient (Wildman–Crippen LogP) is 4.68. The van der Waals surface area contributed by atoms with Crippen molar-refractivity contribution in [2.24, 2.45) is 11.8 Å². The van der Waals surface area contributed by atoms with Crippen LogP contribution in [-0.4, -0.2) is 6.54 Å². The van der Waals surface area contributed by atoms with Crippen LogP contribution in [0.15, 0.2) is 24.3 Å². The van der Waals surface area contributed by atoms with Crippen LogP contribution in [0.1, 0.15) is 64.6 Å². The van der Waals surface area contributed by atoms with Crippen LogP contribution in [-0.2, 0) is 5.41 Å². The predicted molar refractivity (Wildman–Crippen MR) is 83.4 cm³/mol. The van der Waals surface area contributed by atoms with Gasteiger partial charge in [-0.1, -0.05) is 58.9 Å². The van der Waals surface area contributed by atoms with Crippen molar-refractivity contribution in [1.82, 2.24) is 5.32 Å². The minimum Gasteiger partial charge on any atom is -0.310 e. The third kappa shape index (κ3) is 3.20. The van der Waals surface area contributed by atoms with E-state index < -0.39 is 0 Å². The van der Waals surface area contributed by atoms with Crippen molar-refractivity contribution in [2.45, 2.75) is 58.9 Å². The fourth-order valence-corrected chi connectivity index (χ4v) is 2.99. The van der Waals surface area contributed by atoms with Gasteiger partial charge in [-0.25, -0.2) is 0 Å². The summed E-state index contributed by atoms with van der Waals surface area (Å²) < 4.78 is 0. The van der Waals surface area contributed by atoms with Crippen molar-refractivity contribution in [3.63, 3.8) is 0 Å². The Morgan fingerprint density at radius 3 is 2.58 bits per heavy atom. The minimum atomic E-state index is 0.332. The summed E-state index contributed by atoms with van der Waals surface area (Å²) in [5.74, 6) is 1.49. The normalized spacial score (nSPS) is 23.2. The van der Waals surface area contributed by atoms with Gasteiger partial charge in [0.2, 0.25) is 0 Å². The molecule has 0 spiro atoms. The molecule has 1 N–H and O–H groups in total. The van der Waals surface area contributed by atoms with Gasteiger partial charge in [0.15, 0.2) is 0 Å². The van der Waals surface area contributed by atoms with Crippen LogP contribution < -0.4 is 5.32 Å². The number of hydrogen-bond acceptors (Lipinski definition) is 1. The first-order valence-electron chi connectivity index (χ1n) is 7.74. The zero-order valence-corrected chi connectivity index (χ0v) is 13.2. The molecule has 106 valence electrons. The zero-order chi connectivity index (χ0) is 14.0. The zero-order valence-electron chi connectivity index (χ0n) is 13.2. The second-order valence-electron chi connectivity index (χ2n) is 7.19. The van der Waals surface area contributed by atoms with Gasteiger partial charge < -0.3 is 5.32 Å². The van der Waals surface area contributed by atoms with Crippen molar-refractivity contribution < 1.29 is 0 Å². The Bertz CT molecular complexity index is 419. The van der Waals surface area contributed by atoms with E-state index in [1.165, 1.54) is 24.0 Å². The van der Waals surface area contributed by atoms with E-state index in [0.29, 0.717) is 11.5 Å². The van der Waals surface area contributed by atoms with Crippen LogP contribution in [0.25, 0.3) is 0 Å². The monoisotopic (exact) mass is 259 g/mol. The Balaban J connectivity index is 2.12. The van der Waals surface area contributed by atoms with E-state index in [1.54, 1.807) is 0 Å². The molecule has 0 saturated carbocycles. The molecule has 0 amide bonds. The number of benzene rings is 1. The highest BCUT2D eigenvalue weighted by Gasteiger charge is 2.32. The van der Waals surface area contributed by atoms with Gasteiger partial charge in [-0.3, -0.25) is 0 Å². The molecule has 0 aromatic heterocycles. The average Bonchev–Trinajstić information content (AvgIpc) is 2.37. The lowest BCUT2D eigenvalue weighted by Gasteiger charge is -2.38. The molecule has 2 rings (SSSR count). The lowest BCUT2D eigenvalue weighted by Crippen LogP contribution is -2.35. The second-order valence-corrected chi connectivity index (χ2v) is 7.19. The molecule has 1 aromatic rings. The Morgan fingerprint density at radius 2 is 1.89 bits per heavy atom. The Hall–Kier alpha value is -0.820. The summed E-state index contributed by atoms with van der Waals surface area (Å²) >= 11 is 0. The van der Waals surface area contributed by atoms with E-state index in [9.17, 15) is 0 Å². The van der Waals surface area contributed by atoms with Crippen LogP contribution >= 0.6 is 0 Å². The lowest BCUT2D eigenvalue weighted by molar-refractivity contribution is 0.321. The van der Waals surface area contributed by atoms with Crippen molar-refractivity contribution in [3.8, 4) is 0 Å². The molecule has 1 heteroatoms. The van der Waals surface area contributed by atoms with Crippen LogP contribution in [0.4, 0.5) is 0 Å². The quantitative estimate of drug-likeness (QED) is 0.827. The summed E-state index contributed by atoms with van der Waals surface area (Å²) in [6, 6.07) is 9.54. The van der Waals surface area contributed by atoms with Crippen molar-refractivity contribution in [2.75, 3.05) is 6.54 Å². The molecule has 2 unspecified atom stereocenters. The smallest absolute Gasteiger partial charge is 0.0323 e. The van der Waals surface area contributed by atoms with E-state index in [4.69, 9.17) is 0 Å². The molecule has 0 fully saturated rings. The standard InChI is InChI=1S/C18H29N/c1-13(2)14(3)12-19-17-10-11-18(4,5)16-9-7-6-8-15(16)17/h6-9,13-14,17,19H,10-12H2,1-5H3. The SMILES string of the molecule is CC(C)C(C)CNC1CCC(C)(C)c2ccccc21. The van der Waals surface area contributed by atoms with Crippen molar-refractivity contribution in [3.05, 3.63) is 35.4 Å². The number of nitrogens with one attached hydrogen (secondary N) is 1. The molecule has 0 radical (unpaired) electrons. The van der Waals surface area contributed by atoms with Gasteiger partial charge in [-0.15, -0.1) is 0 Å². The summed E-state index contributed by atoms with van der Waals surface area (Å²) in [5, 5.41) is 3.80. The molecule has 1 aliphatic rings. The molecule has 1 aromatic carbocycles. The highest BCUT2D eigenvalue weighted by Crippen LogP contribution is 2.41. The average molecular weight is 259 g/mol. The van der Waals surface area contributed by atoms with Gasteiger partial charge in [0, 0.05) is 6.04 Å². The Kier molecular flexibility index (Phi) is 4.35. The van der Waals surface area contributed by atoms with E-state index >= 15 is 0 Å². The van der Waals surface area contributed by atoms with Gasteiger partial charge in [-0.2, -0.15) is 0 Å². The van der Waals surface area contributed by atoms with Gasteiger partial charge in [0.05, 0.1) is 0 Å². The van der Waals surface area contributed by atoms with E-state index in [0.717, 1.165) is 18.4 Å². The molecule has 0 saturated heterocycles. The maximum atomic E-state index is 3.80. The lowest BCUT2D eigenvalue weighted by atomic mass is 9.71. The first kappa shape index (κ1) is 14.6. The van der Waals surface area contributed by atoms with Crippen molar-refractivity contribution >= 4 is 0 Å². The summed E-state index contributed by atoms with van der Waals surface area (Å²) in [6.07, 6.45) is 2.53. The van der Waals surface area contributed by atoms with Gasteiger partial charge >= 0.3 is 0 Å². The molecular weight excluding hydrogens is 230 g/mol. The molecule has 1 aliphatic carbocycles. The second kappa shape index (κ2) is 5.66. The highest BCUT2D eigenvalue weighted by molar-refractivity contribution is 5.38. The van der Waals surface area contributed by atoms with Crippen LogP contribution in [0, 0.1) is 11.8 Å². The maximum absolute atomic E-state index is 3.80. The van der Waals surface area contributed by atoms with Crippen LogP contribution in [0.5, 0.6) is 0 Å². The summed E-state index contributed by atoms with van der Waals surface area (Å²) in [6.45, 7) is 12.8. The van der Waals surface area contributed by atoms with Gasteiger partial charge in [0.1, 0.15) is 0 Å². The van der Waals surface area contributed by atoms with E-state index in [-0.39, 0.29) is 0 Å². The molecule has 2 atom stereocenters. The van der Waals surface area contributed by atoms with E-state index in [1.807, 2.05) is 0 Å². The third-order valence-corrected chi connectivity index (χ3v) is 4.95. The molecule has 0 heterocycles. The van der Waals surface area contributed by atoms with Crippen LogP contribution in [0.3, 0.4) is 0 Å². The number of rotatable bonds is 4. The number of fused-ring (bicyclic) bond motifs is 1. The molecular formula is C18H29N. The first-order chi connectivity index (χ1) is 8.92. The van der Waals surface area contributed by atoms with E-state index in [2.05, 4.69) is 64.2 Å². The molecule has 1 nitrogen and oxygen atoms in total. The minimum absolute atomic E-state index is 0.332. The molecule has 19 heavy (non-hydrogen) atoms. The van der Waals surface area contributed by atoms with Gasteiger partial charge in [0.25, 0.3) is 0 Å². The fourth-order valence-electron chi connectivity index (χ4n) is 2.99. The number of hydrogen-bond donors (Lipinski definition) is 1. The summed E-state index contributed by atoms with van der Waals surface area (Å²) in [4.78, 5) is 0. The topological polar surface area (TPSA) is 12.0 Å². The highest BCUT2D eigenvalue weighted by atomic mass is 14.9. The van der Waals surface area contributed by atoms with Gasteiger partial charge in [-0.05, 0) is 47.8 Å². The van der Waals surface area contributed by atoms with Crippen molar-refractivity contribution in [1.29, 1.82) is 0 Å². The first-order valence-corrected chi connectivity index (χ1v) is 7.74. The van der Waals surface area contributed by atoms with Crippen LogP contribution in [0.2, 0.25) is 0 Å². The summed E-state index contributed by atoms with van der Waals surface area (Å²) in [7, 11) is 0. The Morgan fingerprint density at radius 1 is 1.21 bits per heavy atom. The maximum Gasteiger partial charge on any atom is 0.0323 e. The summed E-state index contributed by atoms with van der Waals surface area (Å²) in [5.41, 5.74) is 3.39. The molecule has 0 bridgehead atoms. The fraction of sp³-hybridized carbons (Fsp3) is 0.667. The molecule has 0 aliphatic heterocycles. The third-order valence-electron chi connectivity index (χ3n) is 4.95. The Labute approximate surface area is 118 Å².